The van der Waals surface area contributed by atoms with E-state index in [4.69, 9.17) is 5.73 Å². The van der Waals surface area contributed by atoms with Gasteiger partial charge in [0.05, 0.1) is 17.0 Å². The first kappa shape index (κ1) is 21.7. The molecule has 1 aliphatic rings. The lowest BCUT2D eigenvalue weighted by molar-refractivity contribution is -0.137. The Hall–Kier alpha value is -1.36. The van der Waals surface area contributed by atoms with Gasteiger partial charge in [0.15, 0.2) is 0 Å². The van der Waals surface area contributed by atoms with Crippen molar-refractivity contribution >= 4 is 28.3 Å². The molecule has 1 aromatic carbocycles. The maximum atomic E-state index is 12.7. The molecule has 1 saturated heterocycles. The smallest absolute Gasteiger partial charge is 0.341 e. The molecule has 0 unspecified atom stereocenters. The van der Waals surface area contributed by atoms with Gasteiger partial charge in [-0.05, 0) is 31.0 Å². The third-order valence-corrected chi connectivity index (χ3v) is 5.18. The Morgan fingerprint density at radius 2 is 1.88 bits per heavy atom. The lowest BCUT2D eigenvalue weighted by atomic mass is 10.1. The summed E-state index contributed by atoms with van der Waals surface area (Å²) in [6.45, 7) is 0.365. The second kappa shape index (κ2) is 8.35. The molecule has 0 bridgehead atoms. The zero-order valence-corrected chi connectivity index (χ0v) is 14.8. The van der Waals surface area contributed by atoms with Crippen LogP contribution in [-0.2, 0) is 21.0 Å². The number of nitrogens with zero attached hydrogens (tertiary/aromatic N) is 1. The van der Waals surface area contributed by atoms with Crippen molar-refractivity contribution in [2.24, 2.45) is 5.73 Å². The molecule has 1 heterocycles. The van der Waals surface area contributed by atoms with Gasteiger partial charge in [-0.1, -0.05) is 6.07 Å². The second-order valence-electron chi connectivity index (χ2n) is 5.57. The van der Waals surface area contributed by atoms with Crippen LogP contribution in [0.15, 0.2) is 29.2 Å². The van der Waals surface area contributed by atoms with Gasteiger partial charge in [-0.2, -0.15) is 13.2 Å². The number of likely N-dealkylation sites (tertiary alicyclic amines) is 1. The molecule has 1 aliphatic heterocycles. The number of rotatable bonds is 4. The quantitative estimate of drug-likeness (QED) is 0.796. The van der Waals surface area contributed by atoms with Gasteiger partial charge in [0.25, 0.3) is 0 Å². The van der Waals surface area contributed by atoms with Gasteiger partial charge in [-0.25, -0.2) is 13.1 Å². The third-order valence-electron chi connectivity index (χ3n) is 3.78. The fourth-order valence-corrected chi connectivity index (χ4v) is 3.36. The van der Waals surface area contributed by atoms with Gasteiger partial charge in [-0.15, -0.1) is 12.4 Å². The molecular formula is C14H19ClF3N3O3S. The zero-order valence-electron chi connectivity index (χ0n) is 13.1. The Kier molecular flexibility index (Phi) is 7.24. The minimum atomic E-state index is -4.64. The molecule has 1 amide bonds. The summed E-state index contributed by atoms with van der Waals surface area (Å²) in [5, 5.41) is 0. The molecule has 1 aromatic rings. The number of hydrogen-bond acceptors (Lipinski definition) is 4. The number of nitrogens with two attached hydrogens (primary N) is 1. The van der Waals surface area contributed by atoms with Gasteiger partial charge in [0.1, 0.15) is 0 Å². The van der Waals surface area contributed by atoms with Crippen molar-refractivity contribution in [2.45, 2.75) is 30.0 Å². The number of alkyl halides is 3. The number of halogens is 4. The number of sulfonamides is 1. The van der Waals surface area contributed by atoms with E-state index in [1.807, 2.05) is 4.72 Å². The Balaban J connectivity index is 0.00000312. The van der Waals surface area contributed by atoms with E-state index >= 15 is 0 Å². The van der Waals surface area contributed by atoms with Crippen molar-refractivity contribution in [3.8, 4) is 0 Å². The molecule has 2 rings (SSSR count). The molecule has 11 heteroatoms. The average molecular weight is 402 g/mol. The fraction of sp³-hybridized carbons (Fsp3) is 0.500. The summed E-state index contributed by atoms with van der Waals surface area (Å²) in [5.74, 6) is -0.433. The van der Waals surface area contributed by atoms with Crippen LogP contribution >= 0.6 is 12.4 Å². The molecule has 3 N–H and O–H groups in total. The summed E-state index contributed by atoms with van der Waals surface area (Å²) in [5.41, 5.74) is 4.66. The van der Waals surface area contributed by atoms with Gasteiger partial charge in [0, 0.05) is 19.1 Å². The van der Waals surface area contributed by atoms with Crippen molar-refractivity contribution in [1.82, 2.24) is 9.62 Å². The van der Waals surface area contributed by atoms with Crippen LogP contribution in [0.25, 0.3) is 0 Å². The number of hydrogen-bond donors (Lipinski definition) is 2. The van der Waals surface area contributed by atoms with Crippen LogP contribution in [-0.4, -0.2) is 44.9 Å². The van der Waals surface area contributed by atoms with Crippen molar-refractivity contribution in [3.63, 3.8) is 0 Å². The molecule has 0 radical (unpaired) electrons. The number of piperidine rings is 1. The predicted molar refractivity (Wildman–Crippen MR) is 87.7 cm³/mol. The highest BCUT2D eigenvalue weighted by Gasteiger charge is 2.32. The molecule has 6 nitrogen and oxygen atoms in total. The number of nitrogens with one attached hydrogen (secondary N) is 1. The molecule has 142 valence electrons. The zero-order chi connectivity index (χ0) is 18.0. The van der Waals surface area contributed by atoms with Gasteiger partial charge in [-0.3, -0.25) is 4.79 Å². The topological polar surface area (TPSA) is 92.5 Å². The van der Waals surface area contributed by atoms with E-state index in [2.05, 4.69) is 0 Å². The maximum absolute atomic E-state index is 12.7. The van der Waals surface area contributed by atoms with Crippen LogP contribution in [0.4, 0.5) is 13.2 Å². The van der Waals surface area contributed by atoms with Crippen LogP contribution in [0.3, 0.4) is 0 Å². The molecule has 0 spiro atoms. The van der Waals surface area contributed by atoms with Crippen molar-refractivity contribution in [2.75, 3.05) is 19.6 Å². The SMILES string of the molecule is Cl.NC1CCN(C(=O)CNS(=O)(=O)c2cccc(C(F)(F)F)c2)CC1. The Morgan fingerprint density at radius 3 is 2.44 bits per heavy atom. The van der Waals surface area contributed by atoms with Crippen molar-refractivity contribution in [3.05, 3.63) is 29.8 Å². The monoisotopic (exact) mass is 401 g/mol. The minimum Gasteiger partial charge on any atom is -0.341 e. The van der Waals surface area contributed by atoms with E-state index in [0.29, 0.717) is 32.0 Å². The first-order valence-corrected chi connectivity index (χ1v) is 8.78. The molecule has 0 saturated carbocycles. The van der Waals surface area contributed by atoms with Gasteiger partial charge in [0.2, 0.25) is 15.9 Å². The molecule has 0 aromatic heterocycles. The first-order valence-electron chi connectivity index (χ1n) is 7.30. The lowest BCUT2D eigenvalue weighted by Gasteiger charge is -2.30. The molecule has 1 fully saturated rings. The predicted octanol–water partition coefficient (Wildman–Crippen LogP) is 1.36. The average Bonchev–Trinajstić information content (AvgIpc) is 2.53. The molecule has 0 atom stereocenters. The normalized spacial score (nSPS) is 16.4. The van der Waals surface area contributed by atoms with E-state index in [-0.39, 0.29) is 18.4 Å². The summed E-state index contributed by atoms with van der Waals surface area (Å²) >= 11 is 0. The van der Waals surface area contributed by atoms with Crippen molar-refractivity contribution in [1.29, 1.82) is 0 Å². The molecular weight excluding hydrogens is 383 g/mol. The van der Waals surface area contributed by atoms with Crippen LogP contribution in [0.2, 0.25) is 0 Å². The first-order chi connectivity index (χ1) is 11.1. The van der Waals surface area contributed by atoms with E-state index < -0.39 is 39.1 Å². The van der Waals surface area contributed by atoms with E-state index in [1.165, 1.54) is 4.90 Å². The molecule has 25 heavy (non-hydrogen) atoms. The molecule has 0 aliphatic carbocycles. The number of benzene rings is 1. The summed E-state index contributed by atoms with van der Waals surface area (Å²) in [6, 6.07) is 3.39. The number of carbonyl (C=O) groups excluding carboxylic acids is 1. The van der Waals surface area contributed by atoms with Crippen LogP contribution in [0.5, 0.6) is 0 Å². The Morgan fingerprint density at radius 1 is 1.28 bits per heavy atom. The van der Waals surface area contributed by atoms with E-state index in [9.17, 15) is 26.4 Å². The van der Waals surface area contributed by atoms with E-state index in [1.54, 1.807) is 0 Å². The standard InChI is InChI=1S/C14H18F3N3O3S.ClH/c15-14(16,17)10-2-1-3-12(8-10)24(22,23)19-9-13(21)20-6-4-11(18)5-7-20;/h1-3,8,11,19H,4-7,9,18H2;1H. The third kappa shape index (κ3) is 5.84. The van der Waals surface area contributed by atoms with Crippen LogP contribution < -0.4 is 10.5 Å². The van der Waals surface area contributed by atoms with Gasteiger partial charge < -0.3 is 10.6 Å². The van der Waals surface area contributed by atoms with Crippen LogP contribution in [0, 0.1) is 0 Å². The summed E-state index contributed by atoms with van der Waals surface area (Å²) in [4.78, 5) is 12.9. The highest BCUT2D eigenvalue weighted by atomic mass is 35.5. The summed E-state index contributed by atoms with van der Waals surface area (Å²) in [6.07, 6.45) is -3.38. The van der Waals surface area contributed by atoms with Gasteiger partial charge >= 0.3 is 6.18 Å². The summed E-state index contributed by atoms with van der Waals surface area (Å²) in [7, 11) is -4.21. The largest absolute Gasteiger partial charge is 0.416 e. The maximum Gasteiger partial charge on any atom is 0.416 e. The number of amides is 1. The summed E-state index contributed by atoms with van der Waals surface area (Å²) < 4.78 is 64.2. The Bertz CT molecular complexity index is 705. The van der Waals surface area contributed by atoms with Crippen LogP contribution in [0.1, 0.15) is 18.4 Å². The highest BCUT2D eigenvalue weighted by Crippen LogP contribution is 2.30. The minimum absolute atomic E-state index is 0. The number of carbonyl (C=O) groups is 1. The van der Waals surface area contributed by atoms with Crippen molar-refractivity contribution < 1.29 is 26.4 Å². The Labute approximate surface area is 150 Å². The van der Waals surface area contributed by atoms with E-state index in [0.717, 1.165) is 18.2 Å². The highest BCUT2D eigenvalue weighted by molar-refractivity contribution is 7.89. The fourth-order valence-electron chi connectivity index (χ4n) is 2.34. The lowest BCUT2D eigenvalue weighted by Crippen LogP contribution is -2.46. The second-order valence-corrected chi connectivity index (χ2v) is 7.34.